The minimum atomic E-state index is -0.156. The van der Waals surface area contributed by atoms with Gasteiger partial charge < -0.3 is 20.4 Å². The number of ether oxygens (including phenoxy) is 1. The van der Waals surface area contributed by atoms with Crippen molar-refractivity contribution in [2.75, 3.05) is 12.4 Å². The van der Waals surface area contributed by atoms with Gasteiger partial charge in [0.25, 0.3) is 5.91 Å². The molecule has 0 saturated heterocycles. The van der Waals surface area contributed by atoms with Gasteiger partial charge in [-0.1, -0.05) is 6.07 Å². The summed E-state index contributed by atoms with van der Waals surface area (Å²) in [6, 6.07) is 16.7. The molecule has 0 unspecified atom stereocenters. The van der Waals surface area contributed by atoms with E-state index in [-0.39, 0.29) is 5.91 Å². The number of aromatic amines is 1. The van der Waals surface area contributed by atoms with E-state index in [4.69, 9.17) is 4.74 Å². The van der Waals surface area contributed by atoms with E-state index in [1.807, 2.05) is 31.2 Å². The van der Waals surface area contributed by atoms with Crippen LogP contribution in [0.5, 0.6) is 11.6 Å². The molecule has 0 aliphatic rings. The van der Waals surface area contributed by atoms with E-state index in [1.54, 1.807) is 37.5 Å². The lowest BCUT2D eigenvalue weighted by Crippen LogP contribution is -2.17. The van der Waals surface area contributed by atoms with E-state index in [0.717, 1.165) is 16.6 Å². The van der Waals surface area contributed by atoms with Crippen molar-refractivity contribution in [1.29, 1.82) is 0 Å². The minimum Gasteiger partial charge on any atom is -0.439 e. The molecule has 4 rings (SSSR count). The van der Waals surface area contributed by atoms with Crippen LogP contribution in [0.15, 0.2) is 60.8 Å². The fraction of sp³-hybridized carbons (Fsp3) is 0.0952. The van der Waals surface area contributed by atoms with Gasteiger partial charge in [0.05, 0.1) is 0 Å². The van der Waals surface area contributed by atoms with Crippen LogP contribution >= 0.6 is 0 Å². The summed E-state index contributed by atoms with van der Waals surface area (Å²) in [5, 5.41) is 6.78. The van der Waals surface area contributed by atoms with E-state index in [1.165, 1.54) is 0 Å². The van der Waals surface area contributed by atoms with Crippen molar-refractivity contribution in [3.05, 3.63) is 72.1 Å². The summed E-state index contributed by atoms with van der Waals surface area (Å²) in [4.78, 5) is 23.7. The Labute approximate surface area is 161 Å². The molecule has 0 bridgehead atoms. The topological polar surface area (TPSA) is 91.9 Å². The van der Waals surface area contributed by atoms with Crippen molar-refractivity contribution in [3.8, 4) is 11.6 Å². The molecule has 1 amide bonds. The van der Waals surface area contributed by atoms with Crippen LogP contribution in [0.2, 0.25) is 0 Å². The SMILES string of the molecule is CNC(=O)c1cccc(Nc2nccc(Oc3ccc4[nH]c(C)cc4c3)n2)c1. The number of nitrogens with one attached hydrogen (secondary N) is 3. The lowest BCUT2D eigenvalue weighted by atomic mass is 10.2. The second-order valence-electron chi connectivity index (χ2n) is 6.31. The van der Waals surface area contributed by atoms with Gasteiger partial charge >= 0.3 is 0 Å². The molecular formula is C21H19N5O2. The summed E-state index contributed by atoms with van der Waals surface area (Å²) in [6.45, 7) is 2.02. The molecule has 0 spiro atoms. The summed E-state index contributed by atoms with van der Waals surface area (Å²) in [5.74, 6) is 1.34. The van der Waals surface area contributed by atoms with Crippen molar-refractivity contribution in [2.24, 2.45) is 0 Å². The highest BCUT2D eigenvalue weighted by Gasteiger charge is 2.07. The Morgan fingerprint density at radius 1 is 1.11 bits per heavy atom. The molecule has 0 saturated carbocycles. The second-order valence-corrected chi connectivity index (χ2v) is 6.31. The number of aryl methyl sites for hydroxylation is 1. The quantitative estimate of drug-likeness (QED) is 0.488. The molecule has 0 aliphatic heterocycles. The molecule has 0 atom stereocenters. The smallest absolute Gasteiger partial charge is 0.251 e. The number of hydrogen-bond acceptors (Lipinski definition) is 5. The summed E-state index contributed by atoms with van der Waals surface area (Å²) in [5.41, 5.74) is 3.42. The third kappa shape index (κ3) is 3.78. The van der Waals surface area contributed by atoms with Crippen LogP contribution in [-0.2, 0) is 0 Å². The van der Waals surface area contributed by atoms with Crippen molar-refractivity contribution in [2.45, 2.75) is 6.92 Å². The number of anilines is 2. The van der Waals surface area contributed by atoms with E-state index in [0.29, 0.717) is 28.8 Å². The normalized spacial score (nSPS) is 10.6. The van der Waals surface area contributed by atoms with Gasteiger partial charge in [0.15, 0.2) is 0 Å². The lowest BCUT2D eigenvalue weighted by molar-refractivity contribution is 0.0963. The molecule has 7 nitrogen and oxygen atoms in total. The zero-order valence-corrected chi connectivity index (χ0v) is 15.5. The maximum absolute atomic E-state index is 11.8. The van der Waals surface area contributed by atoms with Crippen molar-refractivity contribution < 1.29 is 9.53 Å². The molecule has 7 heteroatoms. The first-order valence-electron chi connectivity index (χ1n) is 8.80. The highest BCUT2D eigenvalue weighted by molar-refractivity contribution is 5.95. The molecule has 140 valence electrons. The molecule has 2 heterocycles. The average molecular weight is 373 g/mol. The maximum atomic E-state index is 11.8. The van der Waals surface area contributed by atoms with Gasteiger partial charge in [0.2, 0.25) is 11.8 Å². The minimum absolute atomic E-state index is 0.156. The number of carbonyl (C=O) groups excluding carboxylic acids is 1. The first-order valence-corrected chi connectivity index (χ1v) is 8.80. The molecule has 0 fully saturated rings. The van der Waals surface area contributed by atoms with Crippen molar-refractivity contribution >= 4 is 28.4 Å². The van der Waals surface area contributed by atoms with Crippen LogP contribution < -0.4 is 15.4 Å². The average Bonchev–Trinajstić information content (AvgIpc) is 3.07. The largest absolute Gasteiger partial charge is 0.439 e. The number of benzene rings is 2. The second kappa shape index (κ2) is 7.40. The number of hydrogen-bond donors (Lipinski definition) is 3. The zero-order chi connectivity index (χ0) is 19.5. The maximum Gasteiger partial charge on any atom is 0.251 e. The Balaban J connectivity index is 1.53. The highest BCUT2D eigenvalue weighted by atomic mass is 16.5. The van der Waals surface area contributed by atoms with Gasteiger partial charge in [-0.25, -0.2) is 4.98 Å². The van der Waals surface area contributed by atoms with Crippen LogP contribution in [0, 0.1) is 6.92 Å². The highest BCUT2D eigenvalue weighted by Crippen LogP contribution is 2.26. The number of carbonyl (C=O) groups is 1. The molecule has 3 N–H and O–H groups in total. The Hall–Kier alpha value is -3.87. The van der Waals surface area contributed by atoms with Gasteiger partial charge in [-0.05, 0) is 49.4 Å². The Bertz CT molecular complexity index is 1150. The summed E-state index contributed by atoms with van der Waals surface area (Å²) < 4.78 is 5.88. The number of H-pyrrole nitrogens is 1. The van der Waals surface area contributed by atoms with Gasteiger partial charge in [-0.2, -0.15) is 4.98 Å². The van der Waals surface area contributed by atoms with E-state index < -0.39 is 0 Å². The number of rotatable bonds is 5. The molecule has 2 aromatic heterocycles. The number of amides is 1. The summed E-state index contributed by atoms with van der Waals surface area (Å²) in [7, 11) is 1.60. The third-order valence-electron chi connectivity index (χ3n) is 4.19. The Morgan fingerprint density at radius 2 is 2.00 bits per heavy atom. The fourth-order valence-electron chi connectivity index (χ4n) is 2.91. The lowest BCUT2D eigenvalue weighted by Gasteiger charge is -2.09. The molecular weight excluding hydrogens is 354 g/mol. The fourth-order valence-corrected chi connectivity index (χ4v) is 2.91. The first kappa shape index (κ1) is 17.5. The molecule has 0 aliphatic carbocycles. The van der Waals surface area contributed by atoms with Crippen molar-refractivity contribution in [1.82, 2.24) is 20.3 Å². The Kier molecular flexibility index (Phi) is 4.63. The molecule has 28 heavy (non-hydrogen) atoms. The number of aromatic nitrogens is 3. The van der Waals surface area contributed by atoms with Crippen LogP contribution in [0.1, 0.15) is 16.1 Å². The molecule has 0 radical (unpaired) electrons. The predicted molar refractivity (Wildman–Crippen MR) is 108 cm³/mol. The summed E-state index contributed by atoms with van der Waals surface area (Å²) in [6.07, 6.45) is 1.62. The van der Waals surface area contributed by atoms with Crippen LogP contribution in [0.3, 0.4) is 0 Å². The Morgan fingerprint density at radius 3 is 2.86 bits per heavy atom. The van der Waals surface area contributed by atoms with E-state index in [2.05, 4.69) is 31.7 Å². The zero-order valence-electron chi connectivity index (χ0n) is 15.5. The van der Waals surface area contributed by atoms with Gasteiger partial charge in [-0.15, -0.1) is 0 Å². The third-order valence-corrected chi connectivity index (χ3v) is 4.19. The van der Waals surface area contributed by atoms with Crippen LogP contribution in [-0.4, -0.2) is 27.9 Å². The van der Waals surface area contributed by atoms with E-state index in [9.17, 15) is 4.79 Å². The molecule has 4 aromatic rings. The van der Waals surface area contributed by atoms with Gasteiger partial charge in [0, 0.05) is 47.2 Å². The molecule has 2 aromatic carbocycles. The van der Waals surface area contributed by atoms with Crippen LogP contribution in [0.4, 0.5) is 11.6 Å². The van der Waals surface area contributed by atoms with E-state index >= 15 is 0 Å². The van der Waals surface area contributed by atoms with Crippen molar-refractivity contribution in [3.63, 3.8) is 0 Å². The predicted octanol–water partition coefficient (Wildman–Crippen LogP) is 4.16. The van der Waals surface area contributed by atoms with Gasteiger partial charge in [-0.3, -0.25) is 4.79 Å². The van der Waals surface area contributed by atoms with Gasteiger partial charge in [0.1, 0.15) is 5.75 Å². The standard InChI is InChI=1S/C21H19N5O2/c1-13-10-15-12-17(6-7-18(15)24-13)28-19-8-9-23-21(26-19)25-16-5-3-4-14(11-16)20(27)22-2/h3-12,24H,1-2H3,(H,22,27)(H,23,25,26). The monoisotopic (exact) mass is 373 g/mol. The number of nitrogens with zero attached hydrogens (tertiary/aromatic N) is 2. The first-order chi connectivity index (χ1) is 13.6. The van der Waals surface area contributed by atoms with Crippen LogP contribution in [0.25, 0.3) is 10.9 Å². The number of fused-ring (bicyclic) bond motifs is 1. The summed E-state index contributed by atoms with van der Waals surface area (Å²) >= 11 is 0.